The minimum absolute atomic E-state index is 0.0225. The molecule has 1 aliphatic rings. The second-order valence-corrected chi connectivity index (χ2v) is 6.22. The van der Waals surface area contributed by atoms with E-state index in [2.05, 4.69) is 5.32 Å². The van der Waals surface area contributed by atoms with Gasteiger partial charge in [-0.05, 0) is 61.7 Å². The Morgan fingerprint density at radius 2 is 1.80 bits per heavy atom. The molecular formula is C20H20N2O3. The third-order valence-corrected chi connectivity index (χ3v) is 4.28. The van der Waals surface area contributed by atoms with Gasteiger partial charge >= 0.3 is 0 Å². The van der Waals surface area contributed by atoms with E-state index in [0.717, 1.165) is 24.1 Å². The molecule has 1 aliphatic heterocycles. The fraction of sp³-hybridized carbons (Fsp3) is 0.250. The van der Waals surface area contributed by atoms with Gasteiger partial charge in [0.1, 0.15) is 0 Å². The van der Waals surface area contributed by atoms with Gasteiger partial charge in [0.2, 0.25) is 5.91 Å². The topological polar surface area (TPSA) is 66.5 Å². The van der Waals surface area contributed by atoms with E-state index in [4.69, 9.17) is 0 Å². The van der Waals surface area contributed by atoms with E-state index in [-0.39, 0.29) is 17.6 Å². The SMILES string of the molecule is CC(=O)Nc1cccc(C(=O)N2CCCc3cc(C(C)=O)ccc32)c1. The Hall–Kier alpha value is -2.95. The molecular weight excluding hydrogens is 316 g/mol. The summed E-state index contributed by atoms with van der Waals surface area (Å²) in [5.41, 5.74) is 3.66. The van der Waals surface area contributed by atoms with Crippen LogP contribution in [0.25, 0.3) is 0 Å². The van der Waals surface area contributed by atoms with Crippen LogP contribution < -0.4 is 10.2 Å². The van der Waals surface area contributed by atoms with Crippen molar-refractivity contribution in [3.05, 3.63) is 59.2 Å². The maximum atomic E-state index is 13.0. The van der Waals surface area contributed by atoms with Crippen LogP contribution in [0.2, 0.25) is 0 Å². The number of amides is 2. The average Bonchev–Trinajstić information content (AvgIpc) is 2.59. The van der Waals surface area contributed by atoms with Crippen molar-refractivity contribution in [2.24, 2.45) is 0 Å². The molecule has 2 amide bonds. The molecule has 0 spiro atoms. The van der Waals surface area contributed by atoms with Crippen LogP contribution in [-0.4, -0.2) is 24.1 Å². The van der Waals surface area contributed by atoms with Crippen molar-refractivity contribution in [2.75, 3.05) is 16.8 Å². The monoisotopic (exact) mass is 336 g/mol. The van der Waals surface area contributed by atoms with Crippen LogP contribution in [0.15, 0.2) is 42.5 Å². The third-order valence-electron chi connectivity index (χ3n) is 4.28. The Balaban J connectivity index is 1.92. The molecule has 0 aromatic heterocycles. The normalized spacial score (nSPS) is 13.1. The molecule has 1 N–H and O–H groups in total. The quantitative estimate of drug-likeness (QED) is 0.873. The number of rotatable bonds is 3. The van der Waals surface area contributed by atoms with Crippen molar-refractivity contribution in [3.8, 4) is 0 Å². The highest BCUT2D eigenvalue weighted by molar-refractivity contribution is 6.08. The van der Waals surface area contributed by atoms with Gasteiger partial charge in [-0.3, -0.25) is 14.4 Å². The number of ketones is 1. The van der Waals surface area contributed by atoms with Gasteiger partial charge in [0.15, 0.2) is 5.78 Å². The minimum atomic E-state index is -0.176. The third kappa shape index (κ3) is 3.60. The standard InChI is InChI=1S/C20H20N2O3/c1-13(23)15-8-9-19-16(11-15)6-4-10-22(19)20(25)17-5-3-7-18(12-17)21-14(2)24/h3,5,7-9,11-12H,4,6,10H2,1-2H3,(H,21,24). The first-order chi connectivity index (χ1) is 12.0. The molecule has 0 bridgehead atoms. The van der Waals surface area contributed by atoms with Gasteiger partial charge in [-0.15, -0.1) is 0 Å². The first-order valence-corrected chi connectivity index (χ1v) is 8.29. The summed E-state index contributed by atoms with van der Waals surface area (Å²) in [6.07, 6.45) is 1.71. The summed E-state index contributed by atoms with van der Waals surface area (Å²) in [7, 11) is 0. The maximum absolute atomic E-state index is 13.0. The lowest BCUT2D eigenvalue weighted by Gasteiger charge is -2.30. The average molecular weight is 336 g/mol. The number of hydrogen-bond acceptors (Lipinski definition) is 3. The van der Waals surface area contributed by atoms with E-state index >= 15 is 0 Å². The summed E-state index contributed by atoms with van der Waals surface area (Å²) in [4.78, 5) is 37.5. The molecule has 5 nitrogen and oxygen atoms in total. The molecule has 0 saturated carbocycles. The number of carbonyl (C=O) groups is 3. The number of nitrogens with zero attached hydrogens (tertiary/aromatic N) is 1. The van der Waals surface area contributed by atoms with Gasteiger partial charge < -0.3 is 10.2 Å². The summed E-state index contributed by atoms with van der Waals surface area (Å²) >= 11 is 0. The molecule has 0 saturated heterocycles. The lowest BCUT2D eigenvalue weighted by molar-refractivity contribution is -0.114. The van der Waals surface area contributed by atoms with Crippen LogP contribution in [0.4, 0.5) is 11.4 Å². The van der Waals surface area contributed by atoms with Gasteiger partial charge in [0.05, 0.1) is 0 Å². The molecule has 0 atom stereocenters. The van der Waals surface area contributed by atoms with Crippen molar-refractivity contribution >= 4 is 29.0 Å². The smallest absolute Gasteiger partial charge is 0.258 e. The molecule has 25 heavy (non-hydrogen) atoms. The van der Waals surface area contributed by atoms with Gasteiger partial charge in [-0.25, -0.2) is 0 Å². The highest BCUT2D eigenvalue weighted by Crippen LogP contribution is 2.30. The Morgan fingerprint density at radius 3 is 2.52 bits per heavy atom. The summed E-state index contributed by atoms with van der Waals surface area (Å²) in [5.74, 6) is -0.261. The Morgan fingerprint density at radius 1 is 1.00 bits per heavy atom. The van der Waals surface area contributed by atoms with Crippen LogP contribution in [0.1, 0.15) is 46.5 Å². The molecule has 5 heteroatoms. The maximum Gasteiger partial charge on any atom is 0.258 e. The largest absolute Gasteiger partial charge is 0.326 e. The Kier molecular flexibility index (Phi) is 4.65. The number of hydrogen-bond donors (Lipinski definition) is 1. The van der Waals surface area contributed by atoms with Gasteiger partial charge in [0, 0.05) is 36.0 Å². The molecule has 3 rings (SSSR count). The number of aryl methyl sites for hydroxylation is 1. The summed E-state index contributed by atoms with van der Waals surface area (Å²) in [6, 6.07) is 12.4. The summed E-state index contributed by atoms with van der Waals surface area (Å²) < 4.78 is 0. The van der Waals surface area contributed by atoms with Crippen molar-refractivity contribution in [1.29, 1.82) is 0 Å². The first kappa shape index (κ1) is 16.9. The van der Waals surface area contributed by atoms with E-state index in [9.17, 15) is 14.4 Å². The Bertz CT molecular complexity index is 858. The second-order valence-electron chi connectivity index (χ2n) is 6.22. The van der Waals surface area contributed by atoms with Crippen molar-refractivity contribution in [2.45, 2.75) is 26.7 Å². The number of benzene rings is 2. The van der Waals surface area contributed by atoms with Crippen LogP contribution in [0, 0.1) is 0 Å². The summed E-state index contributed by atoms with van der Waals surface area (Å²) in [6.45, 7) is 3.61. The lowest BCUT2D eigenvalue weighted by atomic mass is 9.97. The summed E-state index contributed by atoms with van der Waals surface area (Å²) in [5, 5.41) is 2.69. The van der Waals surface area contributed by atoms with Crippen LogP contribution in [-0.2, 0) is 11.2 Å². The zero-order valence-corrected chi connectivity index (χ0v) is 14.3. The molecule has 2 aromatic carbocycles. The van der Waals surface area contributed by atoms with Crippen molar-refractivity contribution in [3.63, 3.8) is 0 Å². The number of carbonyl (C=O) groups excluding carboxylic acids is 3. The number of Topliss-reactive ketones (excluding diaryl/α,β-unsaturated/α-hetero) is 1. The molecule has 2 aromatic rings. The second kappa shape index (κ2) is 6.89. The van der Waals surface area contributed by atoms with Crippen LogP contribution >= 0.6 is 0 Å². The molecule has 0 unspecified atom stereocenters. The van der Waals surface area contributed by atoms with E-state index in [1.165, 1.54) is 6.92 Å². The molecule has 128 valence electrons. The van der Waals surface area contributed by atoms with E-state index in [1.807, 2.05) is 12.1 Å². The molecule has 0 fully saturated rings. The van der Waals surface area contributed by atoms with Crippen molar-refractivity contribution in [1.82, 2.24) is 0 Å². The molecule has 0 aliphatic carbocycles. The van der Waals surface area contributed by atoms with E-state index in [0.29, 0.717) is 23.4 Å². The molecule has 1 heterocycles. The van der Waals surface area contributed by atoms with E-state index < -0.39 is 0 Å². The predicted octanol–water partition coefficient (Wildman–Crippen LogP) is 3.44. The van der Waals surface area contributed by atoms with Gasteiger partial charge in [-0.1, -0.05) is 6.07 Å². The zero-order chi connectivity index (χ0) is 18.0. The van der Waals surface area contributed by atoms with Gasteiger partial charge in [0.25, 0.3) is 5.91 Å². The number of anilines is 2. The highest BCUT2D eigenvalue weighted by atomic mass is 16.2. The first-order valence-electron chi connectivity index (χ1n) is 8.29. The van der Waals surface area contributed by atoms with Gasteiger partial charge in [-0.2, -0.15) is 0 Å². The predicted molar refractivity (Wildman–Crippen MR) is 97.2 cm³/mol. The molecule has 0 radical (unpaired) electrons. The van der Waals surface area contributed by atoms with E-state index in [1.54, 1.807) is 42.2 Å². The lowest BCUT2D eigenvalue weighted by Crippen LogP contribution is -2.35. The fourth-order valence-electron chi connectivity index (χ4n) is 3.12. The highest BCUT2D eigenvalue weighted by Gasteiger charge is 2.24. The number of nitrogens with one attached hydrogen (secondary N) is 1. The Labute approximate surface area is 146 Å². The number of fused-ring (bicyclic) bond motifs is 1. The zero-order valence-electron chi connectivity index (χ0n) is 14.3. The van der Waals surface area contributed by atoms with Crippen LogP contribution in [0.3, 0.4) is 0 Å². The van der Waals surface area contributed by atoms with Crippen LogP contribution in [0.5, 0.6) is 0 Å². The minimum Gasteiger partial charge on any atom is -0.326 e. The fourth-order valence-corrected chi connectivity index (χ4v) is 3.12. The van der Waals surface area contributed by atoms with Crippen molar-refractivity contribution < 1.29 is 14.4 Å².